The molecule has 13 heteroatoms. The minimum absolute atomic E-state index is 0.106. The molecule has 4 aromatic carbocycles. The lowest BCUT2D eigenvalue weighted by Crippen LogP contribution is -2.34. The Kier molecular flexibility index (Phi) is 10.7. The van der Waals surface area contributed by atoms with Crippen LogP contribution in [0.3, 0.4) is 0 Å². The Balaban J connectivity index is 1.58. The summed E-state index contributed by atoms with van der Waals surface area (Å²) in [6.07, 6.45) is 0.328. The monoisotopic (exact) mass is 760 g/mol. The van der Waals surface area contributed by atoms with Gasteiger partial charge in [-0.25, -0.2) is 29.9 Å². The van der Waals surface area contributed by atoms with Crippen molar-refractivity contribution in [1.82, 2.24) is 4.31 Å². The number of rotatable bonds is 12. The van der Waals surface area contributed by atoms with Gasteiger partial charge in [0.1, 0.15) is 17.4 Å². The third-order valence-corrected chi connectivity index (χ3v) is 11.4. The lowest BCUT2D eigenvalue weighted by molar-refractivity contribution is 0.292. The van der Waals surface area contributed by atoms with E-state index in [1.807, 2.05) is 0 Å². The summed E-state index contributed by atoms with van der Waals surface area (Å²) in [5.74, 6) is -1.43. The first-order chi connectivity index (χ1) is 20.3. The van der Waals surface area contributed by atoms with E-state index in [9.17, 15) is 21.2 Å². The summed E-state index contributed by atoms with van der Waals surface area (Å²) in [7, 11) is -6.63. The van der Waals surface area contributed by atoms with E-state index in [0.29, 0.717) is 22.8 Å². The Labute approximate surface area is 269 Å². The fourth-order valence-corrected chi connectivity index (χ4v) is 7.71. The quantitative estimate of drug-likeness (QED) is 0.112. The average molecular weight is 761 g/mol. The molecule has 0 aliphatic rings. The molecule has 1 atom stereocenters. The van der Waals surface area contributed by atoms with Gasteiger partial charge in [0.05, 0.1) is 28.1 Å². The first-order valence-electron chi connectivity index (χ1n) is 13.0. The Morgan fingerprint density at radius 1 is 0.860 bits per heavy atom. The van der Waals surface area contributed by atoms with Gasteiger partial charge in [0.2, 0.25) is 10.0 Å². The zero-order chi connectivity index (χ0) is 31.4. The largest absolute Gasteiger partial charge is 0.493 e. The first kappa shape index (κ1) is 33.1. The molecule has 1 unspecified atom stereocenters. The highest BCUT2D eigenvalue weighted by Gasteiger charge is 2.34. The Morgan fingerprint density at radius 2 is 1.47 bits per heavy atom. The molecular weight excluding hydrogens is 733 g/mol. The van der Waals surface area contributed by atoms with E-state index in [1.165, 1.54) is 35.6 Å². The van der Waals surface area contributed by atoms with Gasteiger partial charge in [0.15, 0.2) is 0 Å². The van der Waals surface area contributed by atoms with E-state index in [0.717, 1.165) is 26.1 Å². The molecule has 0 aliphatic heterocycles. The maximum atomic E-state index is 15.1. The van der Waals surface area contributed by atoms with Crippen LogP contribution in [-0.2, 0) is 20.0 Å². The van der Waals surface area contributed by atoms with Crippen molar-refractivity contribution in [2.24, 2.45) is 0 Å². The molecule has 0 N–H and O–H groups in total. The Morgan fingerprint density at radius 3 is 2.14 bits per heavy atom. The number of hydrogen-bond acceptors (Lipinski definition) is 5. The SMILES string of the molecule is CC(c1ccccc1OCCCN(C)S(=O)(=O)c1ccc(I)cc1)N(c1cc(F)ccc1F)S(=O)(=O)c1ccc(Cl)cc1. The molecule has 43 heavy (non-hydrogen) atoms. The second-order valence-electron chi connectivity index (χ2n) is 9.55. The third kappa shape index (κ3) is 7.66. The molecule has 0 fully saturated rings. The molecule has 0 saturated carbocycles. The zero-order valence-corrected chi connectivity index (χ0v) is 27.7. The number of halogens is 4. The maximum absolute atomic E-state index is 15.1. The number of hydrogen-bond donors (Lipinski definition) is 0. The summed E-state index contributed by atoms with van der Waals surface area (Å²) >= 11 is 8.05. The molecule has 0 bridgehead atoms. The van der Waals surface area contributed by atoms with Gasteiger partial charge >= 0.3 is 0 Å². The van der Waals surface area contributed by atoms with Crippen LogP contribution >= 0.6 is 34.2 Å². The first-order valence-corrected chi connectivity index (χ1v) is 17.3. The summed E-state index contributed by atoms with van der Waals surface area (Å²) < 4.78 is 91.9. The van der Waals surface area contributed by atoms with Gasteiger partial charge in [0.25, 0.3) is 10.0 Å². The van der Waals surface area contributed by atoms with Gasteiger partial charge < -0.3 is 4.74 Å². The van der Waals surface area contributed by atoms with Crippen molar-refractivity contribution in [3.63, 3.8) is 0 Å². The molecule has 4 aromatic rings. The summed E-state index contributed by atoms with van der Waals surface area (Å²) in [5.41, 5.74) is -0.0803. The van der Waals surface area contributed by atoms with Crippen LogP contribution in [0.5, 0.6) is 5.75 Å². The van der Waals surface area contributed by atoms with E-state index >= 15 is 4.39 Å². The summed E-state index contributed by atoms with van der Waals surface area (Å²) in [5, 5.41) is 0.311. The fraction of sp³-hybridized carbons (Fsp3) is 0.200. The van der Waals surface area contributed by atoms with E-state index in [-0.39, 0.29) is 22.9 Å². The van der Waals surface area contributed by atoms with Crippen LogP contribution in [0.25, 0.3) is 0 Å². The predicted molar refractivity (Wildman–Crippen MR) is 171 cm³/mol. The number of benzene rings is 4. The van der Waals surface area contributed by atoms with E-state index in [4.69, 9.17) is 16.3 Å². The van der Waals surface area contributed by atoms with E-state index < -0.39 is 43.4 Å². The molecule has 0 aliphatic carbocycles. The van der Waals surface area contributed by atoms with Gasteiger partial charge in [-0.3, -0.25) is 4.31 Å². The standard InChI is InChI=1S/C30H28ClF2IN2O5S2/c1-21(36(29-20-23(32)10-17-28(29)33)43(39,40)26-13-8-22(31)9-14-26)27-6-3-4-7-30(27)41-19-5-18-35(2)42(37,38)25-15-11-24(34)12-16-25/h3-4,6-17,20-21H,5,18-19H2,1-2H3. The lowest BCUT2D eigenvalue weighted by atomic mass is 10.1. The minimum Gasteiger partial charge on any atom is -0.493 e. The maximum Gasteiger partial charge on any atom is 0.264 e. The van der Waals surface area contributed by atoms with Crippen molar-refractivity contribution in [3.05, 3.63) is 117 Å². The van der Waals surface area contributed by atoms with Crippen molar-refractivity contribution in [2.75, 3.05) is 24.5 Å². The van der Waals surface area contributed by atoms with E-state index in [1.54, 1.807) is 55.5 Å². The zero-order valence-electron chi connectivity index (χ0n) is 23.1. The molecule has 0 amide bonds. The van der Waals surface area contributed by atoms with E-state index in [2.05, 4.69) is 22.6 Å². The lowest BCUT2D eigenvalue weighted by Gasteiger charge is -2.32. The summed E-state index contributed by atoms with van der Waals surface area (Å²) in [4.78, 5) is 0.0188. The Hall–Kier alpha value is -2.78. The van der Waals surface area contributed by atoms with Gasteiger partial charge in [-0.05, 0) is 103 Å². The number of nitrogens with zero attached hydrogens (tertiary/aromatic N) is 2. The molecular formula is C30H28ClF2IN2O5S2. The molecule has 0 spiro atoms. The molecule has 0 heterocycles. The minimum atomic E-state index is -4.42. The Bertz CT molecular complexity index is 1790. The number of ether oxygens (including phenoxy) is 1. The van der Waals surface area contributed by atoms with Gasteiger partial charge in [0, 0.05) is 33.8 Å². The van der Waals surface area contributed by atoms with Gasteiger partial charge in [-0.1, -0.05) is 29.8 Å². The molecule has 0 aromatic heterocycles. The van der Waals surface area contributed by atoms with Crippen LogP contribution < -0.4 is 9.04 Å². The molecule has 228 valence electrons. The van der Waals surface area contributed by atoms with Crippen LogP contribution in [0.2, 0.25) is 5.02 Å². The second kappa shape index (κ2) is 13.9. The summed E-state index contributed by atoms with van der Waals surface area (Å²) in [6, 6.07) is 20.1. The van der Waals surface area contributed by atoms with Crippen molar-refractivity contribution >= 4 is 59.9 Å². The van der Waals surface area contributed by atoms with Crippen molar-refractivity contribution in [3.8, 4) is 5.75 Å². The molecule has 0 radical (unpaired) electrons. The topological polar surface area (TPSA) is 84.0 Å². The fourth-order valence-electron chi connectivity index (χ4n) is 4.38. The van der Waals surface area contributed by atoms with Crippen LogP contribution in [0, 0.1) is 15.2 Å². The smallest absolute Gasteiger partial charge is 0.264 e. The van der Waals surface area contributed by atoms with Gasteiger partial charge in [-0.2, -0.15) is 0 Å². The number of anilines is 1. The highest BCUT2D eigenvalue weighted by atomic mass is 127. The van der Waals surface area contributed by atoms with Crippen LogP contribution in [0.15, 0.2) is 101 Å². The number of para-hydroxylation sites is 1. The van der Waals surface area contributed by atoms with Crippen LogP contribution in [0.4, 0.5) is 14.5 Å². The third-order valence-electron chi connectivity index (χ3n) is 6.63. The molecule has 4 rings (SSSR count). The molecule has 7 nitrogen and oxygen atoms in total. The predicted octanol–water partition coefficient (Wildman–Crippen LogP) is 7.27. The second-order valence-corrected chi connectivity index (χ2v) is 15.1. The highest BCUT2D eigenvalue weighted by Crippen LogP contribution is 2.38. The van der Waals surface area contributed by atoms with Gasteiger partial charge in [-0.15, -0.1) is 0 Å². The molecule has 0 saturated heterocycles. The van der Waals surface area contributed by atoms with Crippen LogP contribution in [-0.4, -0.2) is 41.3 Å². The van der Waals surface area contributed by atoms with Crippen LogP contribution in [0.1, 0.15) is 24.9 Å². The van der Waals surface area contributed by atoms with Crippen molar-refractivity contribution < 1.29 is 30.4 Å². The normalized spacial score (nSPS) is 12.7. The average Bonchev–Trinajstić information content (AvgIpc) is 2.97. The van der Waals surface area contributed by atoms with Crippen molar-refractivity contribution in [1.29, 1.82) is 0 Å². The number of sulfonamides is 2. The van der Waals surface area contributed by atoms with Crippen molar-refractivity contribution in [2.45, 2.75) is 29.2 Å². The summed E-state index contributed by atoms with van der Waals surface area (Å²) in [6.45, 7) is 1.81. The highest BCUT2D eigenvalue weighted by molar-refractivity contribution is 14.1.